The summed E-state index contributed by atoms with van der Waals surface area (Å²) in [4.78, 5) is 39.4. The van der Waals surface area contributed by atoms with Gasteiger partial charge < -0.3 is 20.2 Å². The number of primary amides is 1. The molecule has 1 saturated heterocycles. The number of carbonyl (C=O) groups excluding carboxylic acids is 2. The first-order valence-corrected chi connectivity index (χ1v) is 9.95. The van der Waals surface area contributed by atoms with Gasteiger partial charge in [-0.2, -0.15) is 13.2 Å². The molecular formula is C22H23F3N2O5. The number of hydrogen-bond donors (Lipinski definition) is 2. The SMILES string of the molecule is CC(C)CC1(C(=O)O)CC(C(N)=O)C(c2ccco2)N1C(=O)c1cccc(C(F)(F)F)c1. The van der Waals surface area contributed by atoms with Gasteiger partial charge >= 0.3 is 12.1 Å². The molecule has 0 bridgehead atoms. The Morgan fingerprint density at radius 1 is 1.25 bits per heavy atom. The van der Waals surface area contributed by atoms with Crippen LogP contribution in [0.5, 0.6) is 0 Å². The van der Waals surface area contributed by atoms with E-state index >= 15 is 0 Å². The molecule has 2 amide bonds. The fourth-order valence-corrected chi connectivity index (χ4v) is 4.48. The Hall–Kier alpha value is -3.30. The molecule has 0 spiro atoms. The Bertz CT molecular complexity index is 1020. The number of carbonyl (C=O) groups is 3. The minimum absolute atomic E-state index is 0.0337. The molecule has 2 aromatic rings. The van der Waals surface area contributed by atoms with Crippen LogP contribution in [0.3, 0.4) is 0 Å². The molecule has 3 unspecified atom stereocenters. The number of carboxylic acids is 1. The van der Waals surface area contributed by atoms with Crippen molar-refractivity contribution in [1.82, 2.24) is 4.90 Å². The lowest BCUT2D eigenvalue weighted by atomic mass is 9.83. The third kappa shape index (κ3) is 4.09. The molecule has 172 valence electrons. The van der Waals surface area contributed by atoms with Crippen molar-refractivity contribution in [1.29, 1.82) is 0 Å². The van der Waals surface area contributed by atoms with Crippen LogP contribution in [-0.4, -0.2) is 33.3 Å². The van der Waals surface area contributed by atoms with Gasteiger partial charge in [-0.25, -0.2) is 4.79 Å². The van der Waals surface area contributed by atoms with Gasteiger partial charge in [-0.3, -0.25) is 9.59 Å². The van der Waals surface area contributed by atoms with Crippen LogP contribution in [0.2, 0.25) is 0 Å². The molecule has 1 aromatic carbocycles. The summed E-state index contributed by atoms with van der Waals surface area (Å²) < 4.78 is 45.1. The zero-order valence-electron chi connectivity index (χ0n) is 17.4. The van der Waals surface area contributed by atoms with Gasteiger partial charge in [0.2, 0.25) is 5.91 Å². The maximum Gasteiger partial charge on any atom is 0.416 e. The third-order valence-corrected chi connectivity index (χ3v) is 5.68. The van der Waals surface area contributed by atoms with E-state index in [0.717, 1.165) is 17.0 Å². The molecule has 0 saturated carbocycles. The third-order valence-electron chi connectivity index (χ3n) is 5.68. The lowest BCUT2D eigenvalue weighted by molar-refractivity contribution is -0.150. The van der Waals surface area contributed by atoms with E-state index in [1.54, 1.807) is 13.8 Å². The molecular weight excluding hydrogens is 429 g/mol. The number of furan rings is 1. The Labute approximate surface area is 182 Å². The number of hydrogen-bond acceptors (Lipinski definition) is 4. The fourth-order valence-electron chi connectivity index (χ4n) is 4.48. The van der Waals surface area contributed by atoms with Crippen LogP contribution in [0.15, 0.2) is 47.1 Å². The first-order valence-electron chi connectivity index (χ1n) is 9.95. The van der Waals surface area contributed by atoms with E-state index in [-0.39, 0.29) is 30.1 Å². The highest BCUT2D eigenvalue weighted by atomic mass is 19.4. The Balaban J connectivity index is 2.22. The van der Waals surface area contributed by atoms with Crippen molar-refractivity contribution in [3.05, 3.63) is 59.5 Å². The van der Waals surface area contributed by atoms with Crippen molar-refractivity contribution in [2.24, 2.45) is 17.6 Å². The highest BCUT2D eigenvalue weighted by molar-refractivity contribution is 6.00. The zero-order chi connectivity index (χ0) is 23.8. The van der Waals surface area contributed by atoms with E-state index < -0.39 is 47.0 Å². The molecule has 7 nitrogen and oxygen atoms in total. The van der Waals surface area contributed by atoms with Gasteiger partial charge in [-0.1, -0.05) is 19.9 Å². The lowest BCUT2D eigenvalue weighted by Gasteiger charge is -2.38. The first kappa shape index (κ1) is 23.4. The smallest absolute Gasteiger partial charge is 0.416 e. The van der Waals surface area contributed by atoms with Crippen LogP contribution < -0.4 is 5.73 Å². The quantitative estimate of drug-likeness (QED) is 0.691. The number of likely N-dealkylation sites (tertiary alicyclic amines) is 1. The number of benzene rings is 1. The molecule has 0 radical (unpaired) electrons. The van der Waals surface area contributed by atoms with Crippen LogP contribution in [0, 0.1) is 11.8 Å². The second kappa shape index (κ2) is 8.33. The number of nitrogens with zero attached hydrogens (tertiary/aromatic N) is 1. The molecule has 1 aromatic heterocycles. The molecule has 1 aliphatic heterocycles. The predicted molar refractivity (Wildman–Crippen MR) is 106 cm³/mol. The number of nitrogens with two attached hydrogens (primary N) is 1. The largest absolute Gasteiger partial charge is 0.479 e. The van der Waals surface area contributed by atoms with E-state index in [0.29, 0.717) is 6.07 Å². The average molecular weight is 452 g/mol. The number of carboxylic acid groups (broad SMARTS) is 1. The Kier molecular flexibility index (Phi) is 6.08. The van der Waals surface area contributed by atoms with E-state index in [4.69, 9.17) is 10.2 Å². The molecule has 10 heteroatoms. The molecule has 1 aliphatic rings. The van der Waals surface area contributed by atoms with Crippen molar-refractivity contribution < 1.29 is 37.1 Å². The Morgan fingerprint density at radius 3 is 2.44 bits per heavy atom. The average Bonchev–Trinajstić information content (AvgIpc) is 3.33. The van der Waals surface area contributed by atoms with E-state index in [2.05, 4.69) is 0 Å². The number of rotatable bonds is 6. The Morgan fingerprint density at radius 2 is 1.94 bits per heavy atom. The molecule has 3 atom stereocenters. The number of aliphatic carboxylic acids is 1. The zero-order valence-corrected chi connectivity index (χ0v) is 17.4. The summed E-state index contributed by atoms with van der Waals surface area (Å²) in [7, 11) is 0. The molecule has 0 aliphatic carbocycles. The van der Waals surface area contributed by atoms with Crippen molar-refractivity contribution in [2.75, 3.05) is 0 Å². The summed E-state index contributed by atoms with van der Waals surface area (Å²) >= 11 is 0. The maximum atomic E-state index is 13.6. The van der Waals surface area contributed by atoms with Gasteiger partial charge in [0.05, 0.1) is 17.7 Å². The van der Waals surface area contributed by atoms with Crippen molar-refractivity contribution >= 4 is 17.8 Å². The van der Waals surface area contributed by atoms with Gasteiger partial charge in [-0.15, -0.1) is 0 Å². The van der Waals surface area contributed by atoms with Crippen LogP contribution in [0.1, 0.15) is 54.4 Å². The predicted octanol–water partition coefficient (Wildman–Crippen LogP) is 3.86. The number of amides is 2. The normalized spacial score (nSPS) is 23.5. The summed E-state index contributed by atoms with van der Waals surface area (Å²) in [6.07, 6.45) is -3.72. The second-order valence-electron chi connectivity index (χ2n) is 8.36. The van der Waals surface area contributed by atoms with E-state index in [1.165, 1.54) is 24.5 Å². The summed E-state index contributed by atoms with van der Waals surface area (Å²) in [5.41, 5.74) is 2.30. The summed E-state index contributed by atoms with van der Waals surface area (Å²) in [6.45, 7) is 3.49. The maximum absolute atomic E-state index is 13.6. The van der Waals surface area contributed by atoms with Gasteiger partial charge in [0.25, 0.3) is 5.91 Å². The topological polar surface area (TPSA) is 114 Å². The molecule has 3 N–H and O–H groups in total. The molecule has 2 heterocycles. The van der Waals surface area contributed by atoms with E-state index in [9.17, 15) is 32.7 Å². The lowest BCUT2D eigenvalue weighted by Crippen LogP contribution is -2.54. The van der Waals surface area contributed by atoms with Crippen molar-refractivity contribution in [3.63, 3.8) is 0 Å². The van der Waals surface area contributed by atoms with Gasteiger partial charge in [0.1, 0.15) is 17.3 Å². The monoisotopic (exact) mass is 452 g/mol. The summed E-state index contributed by atoms with van der Waals surface area (Å²) in [6, 6.07) is 5.53. The van der Waals surface area contributed by atoms with Crippen molar-refractivity contribution in [2.45, 2.75) is 44.4 Å². The summed E-state index contributed by atoms with van der Waals surface area (Å²) in [5.74, 6) is -4.35. The number of halogens is 3. The summed E-state index contributed by atoms with van der Waals surface area (Å²) in [5, 5.41) is 10.2. The fraction of sp³-hybridized carbons (Fsp3) is 0.409. The molecule has 3 rings (SSSR count). The molecule has 32 heavy (non-hydrogen) atoms. The van der Waals surface area contributed by atoms with E-state index in [1.807, 2.05) is 0 Å². The minimum atomic E-state index is -4.70. The minimum Gasteiger partial charge on any atom is -0.479 e. The van der Waals surface area contributed by atoms with Gasteiger partial charge in [0.15, 0.2) is 0 Å². The van der Waals surface area contributed by atoms with Gasteiger partial charge in [-0.05, 0) is 49.1 Å². The van der Waals surface area contributed by atoms with Crippen LogP contribution in [0.25, 0.3) is 0 Å². The number of alkyl halides is 3. The first-order chi connectivity index (χ1) is 14.9. The highest BCUT2D eigenvalue weighted by Gasteiger charge is 2.61. The standard InChI is InChI=1S/C22H23F3N2O5/c1-12(2)10-21(20(30)31)11-15(18(26)28)17(16-7-4-8-32-16)27(21)19(29)13-5-3-6-14(9-13)22(23,24)25/h3-9,12,15,17H,10-11H2,1-2H3,(H2,26,28)(H,30,31). The second-order valence-corrected chi connectivity index (χ2v) is 8.36. The van der Waals surface area contributed by atoms with Crippen LogP contribution in [0.4, 0.5) is 13.2 Å². The van der Waals surface area contributed by atoms with Gasteiger partial charge in [0, 0.05) is 5.56 Å². The van der Waals surface area contributed by atoms with Crippen LogP contribution in [-0.2, 0) is 15.8 Å². The highest BCUT2D eigenvalue weighted by Crippen LogP contribution is 2.50. The van der Waals surface area contributed by atoms with Crippen molar-refractivity contribution in [3.8, 4) is 0 Å². The molecule has 1 fully saturated rings. The van der Waals surface area contributed by atoms with Crippen LogP contribution >= 0.6 is 0 Å².